The first-order valence-electron chi connectivity index (χ1n) is 7.46. The van der Waals surface area contributed by atoms with Crippen LogP contribution in [0.25, 0.3) is 0 Å². The summed E-state index contributed by atoms with van der Waals surface area (Å²) in [5, 5.41) is 28.8. The van der Waals surface area contributed by atoms with Crippen LogP contribution < -0.4 is 4.90 Å². The highest BCUT2D eigenvalue weighted by atomic mass is 16.5. The molecule has 8 nitrogen and oxygen atoms in total. The Hall–Kier alpha value is -2.03. The number of pyridine rings is 1. The van der Waals surface area contributed by atoms with Gasteiger partial charge < -0.3 is 20.1 Å². The van der Waals surface area contributed by atoms with Gasteiger partial charge in [0.25, 0.3) is 5.91 Å². The molecule has 3 N–H and O–H groups in total. The number of aromatic nitrogens is 1. The molecule has 1 aromatic heterocycles. The number of aliphatic hydroxyl groups excluding tert-OH is 1. The zero-order chi connectivity index (χ0) is 16.6. The number of hydrogen-bond donors (Lipinski definition) is 3. The summed E-state index contributed by atoms with van der Waals surface area (Å²) < 4.78 is 5.10. The van der Waals surface area contributed by atoms with Gasteiger partial charge in [-0.25, -0.2) is 9.78 Å². The van der Waals surface area contributed by atoms with Gasteiger partial charge in [0.05, 0.1) is 18.8 Å². The van der Waals surface area contributed by atoms with Gasteiger partial charge in [-0.15, -0.1) is 0 Å². The fourth-order valence-electron chi connectivity index (χ4n) is 2.79. The smallest absolute Gasteiger partial charge is 0.335 e. The van der Waals surface area contributed by atoms with Crippen LogP contribution in [0, 0.1) is 0 Å². The van der Waals surface area contributed by atoms with Crippen molar-refractivity contribution in [3.05, 3.63) is 23.9 Å². The lowest BCUT2D eigenvalue weighted by Crippen LogP contribution is -2.54. The van der Waals surface area contributed by atoms with Gasteiger partial charge in [-0.1, -0.05) is 6.07 Å². The summed E-state index contributed by atoms with van der Waals surface area (Å²) in [6.45, 7) is 0.299. The zero-order valence-electron chi connectivity index (χ0n) is 12.4. The Morgan fingerprint density at radius 2 is 2.17 bits per heavy atom. The first-order chi connectivity index (χ1) is 10.9. The highest BCUT2D eigenvalue weighted by molar-refractivity contribution is 5.99. The number of aliphatic carboxylic acids is 1. The number of ether oxygens (including phenoxy) is 1. The maximum Gasteiger partial charge on any atom is 0.335 e. The Balaban J connectivity index is 1.85. The van der Waals surface area contributed by atoms with Gasteiger partial charge in [-0.05, 0) is 31.4 Å². The first kappa shape index (κ1) is 15.9. The normalized spacial score (nSPS) is 24.9. The van der Waals surface area contributed by atoms with Crippen LogP contribution in [0.3, 0.4) is 0 Å². The summed E-state index contributed by atoms with van der Waals surface area (Å²) in [5.74, 6) is -1.86. The second kappa shape index (κ2) is 5.88. The van der Waals surface area contributed by atoms with Gasteiger partial charge in [0.15, 0.2) is 12.2 Å². The second-order valence-corrected chi connectivity index (χ2v) is 5.83. The Bertz CT molecular complexity index is 630. The molecule has 1 aliphatic carbocycles. The maximum atomic E-state index is 12.4. The lowest BCUT2D eigenvalue weighted by atomic mass is 9.77. The number of carbonyl (C=O) groups is 2. The molecule has 0 aromatic carbocycles. The van der Waals surface area contributed by atoms with E-state index in [1.807, 2.05) is 0 Å². The van der Waals surface area contributed by atoms with Crippen molar-refractivity contribution in [2.45, 2.75) is 37.1 Å². The largest absolute Gasteiger partial charge is 0.479 e. The van der Waals surface area contributed by atoms with Crippen molar-refractivity contribution < 1.29 is 29.6 Å². The Morgan fingerprint density at radius 3 is 2.78 bits per heavy atom. The number of morpholine rings is 1. The second-order valence-electron chi connectivity index (χ2n) is 5.83. The van der Waals surface area contributed by atoms with E-state index < -0.39 is 29.7 Å². The molecule has 1 aromatic rings. The van der Waals surface area contributed by atoms with Crippen molar-refractivity contribution in [1.82, 2.24) is 4.98 Å². The molecule has 1 unspecified atom stereocenters. The minimum absolute atomic E-state index is 0.0942. The van der Waals surface area contributed by atoms with Crippen molar-refractivity contribution in [3.63, 3.8) is 0 Å². The molecule has 23 heavy (non-hydrogen) atoms. The van der Waals surface area contributed by atoms with E-state index in [1.54, 1.807) is 18.2 Å². The number of anilines is 1. The molecule has 1 saturated heterocycles. The van der Waals surface area contributed by atoms with E-state index in [1.165, 1.54) is 4.90 Å². The molecule has 3 rings (SSSR count). The van der Waals surface area contributed by atoms with Crippen LogP contribution in [-0.4, -0.2) is 57.5 Å². The summed E-state index contributed by atoms with van der Waals surface area (Å²) in [6.07, 6.45) is -1.21. The molecule has 0 spiro atoms. The van der Waals surface area contributed by atoms with E-state index in [-0.39, 0.29) is 13.2 Å². The number of amides is 1. The number of hydrogen-bond acceptors (Lipinski definition) is 6. The molecule has 0 bridgehead atoms. The third kappa shape index (κ3) is 2.80. The minimum Gasteiger partial charge on any atom is -0.479 e. The van der Waals surface area contributed by atoms with E-state index in [0.29, 0.717) is 24.4 Å². The summed E-state index contributed by atoms with van der Waals surface area (Å²) in [6, 6.07) is 5.01. The average molecular weight is 322 g/mol. The predicted molar refractivity (Wildman–Crippen MR) is 77.7 cm³/mol. The fraction of sp³-hybridized carbons (Fsp3) is 0.533. The number of aliphatic hydroxyl groups is 2. The molecule has 0 radical (unpaired) electrons. The van der Waals surface area contributed by atoms with Crippen LogP contribution in [-0.2, 0) is 19.9 Å². The number of carbonyl (C=O) groups excluding carboxylic acids is 1. The lowest BCUT2D eigenvalue weighted by molar-refractivity contribution is -0.163. The van der Waals surface area contributed by atoms with E-state index in [4.69, 9.17) is 9.84 Å². The first-order valence-corrected chi connectivity index (χ1v) is 7.46. The highest BCUT2D eigenvalue weighted by Gasteiger charge is 2.41. The van der Waals surface area contributed by atoms with Crippen LogP contribution in [0.2, 0.25) is 0 Å². The van der Waals surface area contributed by atoms with Crippen molar-refractivity contribution in [2.24, 2.45) is 0 Å². The van der Waals surface area contributed by atoms with Crippen LogP contribution in [0.1, 0.15) is 25.0 Å². The van der Waals surface area contributed by atoms with Crippen molar-refractivity contribution in [1.29, 1.82) is 0 Å². The van der Waals surface area contributed by atoms with Gasteiger partial charge in [-0.3, -0.25) is 9.69 Å². The van der Waals surface area contributed by atoms with Crippen molar-refractivity contribution in [3.8, 4) is 0 Å². The quantitative estimate of drug-likeness (QED) is 0.691. The van der Waals surface area contributed by atoms with Crippen LogP contribution >= 0.6 is 0 Å². The molecule has 124 valence electrons. The number of nitrogens with zero attached hydrogens (tertiary/aromatic N) is 2. The molecular weight excluding hydrogens is 304 g/mol. The standard InChI is InChI=1S/C15H18N2O6/c18-11(14(20)21)12-13(19)17(7-8-23-12)10-4-1-3-9(16-10)15(22)5-2-6-15/h1,3-4,11-12,18,22H,2,5-8H2,(H,20,21)/t11?,12-/m1/s1. The van der Waals surface area contributed by atoms with E-state index in [2.05, 4.69) is 4.98 Å². The predicted octanol–water partition coefficient (Wildman–Crippen LogP) is -0.370. The molecule has 1 amide bonds. The fourth-order valence-corrected chi connectivity index (χ4v) is 2.79. The van der Waals surface area contributed by atoms with Crippen LogP contribution in [0.15, 0.2) is 18.2 Å². The lowest BCUT2D eigenvalue weighted by Gasteiger charge is -2.37. The van der Waals surface area contributed by atoms with Gasteiger partial charge in [0.1, 0.15) is 11.4 Å². The van der Waals surface area contributed by atoms with E-state index in [9.17, 15) is 19.8 Å². The average Bonchev–Trinajstić information content (AvgIpc) is 2.52. The SMILES string of the molecule is O=C(O)C(O)[C@H]1OCCN(c2cccc(C3(O)CCC3)n2)C1=O. The molecule has 2 fully saturated rings. The monoisotopic (exact) mass is 322 g/mol. The summed E-state index contributed by atoms with van der Waals surface area (Å²) in [7, 11) is 0. The number of rotatable bonds is 4. The van der Waals surface area contributed by atoms with Crippen molar-refractivity contribution >= 4 is 17.7 Å². The number of carboxylic acids is 1. The minimum atomic E-state index is -1.93. The summed E-state index contributed by atoms with van der Waals surface area (Å²) in [5.41, 5.74) is -0.457. The summed E-state index contributed by atoms with van der Waals surface area (Å²) in [4.78, 5) is 28.9. The molecule has 2 heterocycles. The van der Waals surface area contributed by atoms with Gasteiger partial charge in [0.2, 0.25) is 0 Å². The third-order valence-electron chi connectivity index (χ3n) is 4.33. The maximum absolute atomic E-state index is 12.4. The molecule has 2 atom stereocenters. The Kier molecular flexibility index (Phi) is 4.05. The Labute approximate surface area is 132 Å². The van der Waals surface area contributed by atoms with Crippen LogP contribution in [0.4, 0.5) is 5.82 Å². The topological polar surface area (TPSA) is 120 Å². The molecule has 2 aliphatic rings. The third-order valence-corrected chi connectivity index (χ3v) is 4.33. The van der Waals surface area contributed by atoms with E-state index in [0.717, 1.165) is 6.42 Å². The van der Waals surface area contributed by atoms with Gasteiger partial charge in [-0.2, -0.15) is 0 Å². The zero-order valence-corrected chi connectivity index (χ0v) is 12.4. The highest BCUT2D eigenvalue weighted by Crippen LogP contribution is 2.40. The van der Waals surface area contributed by atoms with Gasteiger partial charge in [0, 0.05) is 0 Å². The van der Waals surface area contributed by atoms with Crippen molar-refractivity contribution in [2.75, 3.05) is 18.1 Å². The Morgan fingerprint density at radius 1 is 1.43 bits per heavy atom. The van der Waals surface area contributed by atoms with Gasteiger partial charge >= 0.3 is 5.97 Å². The van der Waals surface area contributed by atoms with E-state index >= 15 is 0 Å². The molecule has 1 saturated carbocycles. The molecular formula is C15H18N2O6. The van der Waals surface area contributed by atoms with Crippen LogP contribution in [0.5, 0.6) is 0 Å². The summed E-state index contributed by atoms with van der Waals surface area (Å²) >= 11 is 0. The number of carboxylic acid groups (broad SMARTS) is 1. The molecule has 8 heteroatoms. The molecule has 1 aliphatic heterocycles.